The van der Waals surface area contributed by atoms with Crippen molar-refractivity contribution in [3.05, 3.63) is 0 Å². The average Bonchev–Trinajstić information content (AvgIpc) is 2.13. The Balaban J connectivity index is 1.72. The number of hydrogen-bond acceptors (Lipinski definition) is 2. The summed E-state index contributed by atoms with van der Waals surface area (Å²) < 4.78 is 0. The highest BCUT2D eigenvalue weighted by Crippen LogP contribution is 2.34. The molecule has 76 valence electrons. The summed E-state index contributed by atoms with van der Waals surface area (Å²) in [6.45, 7) is 2.71. The molecular formula is C11H22N2. The monoisotopic (exact) mass is 182 g/mol. The first-order chi connectivity index (χ1) is 6.29. The number of hydrogen-bond donors (Lipinski definition) is 1. The molecule has 0 aromatic heterocycles. The second-order valence-corrected chi connectivity index (χ2v) is 4.88. The minimum absolute atomic E-state index is 0.814. The van der Waals surface area contributed by atoms with Gasteiger partial charge in [0.2, 0.25) is 0 Å². The van der Waals surface area contributed by atoms with Crippen molar-refractivity contribution in [3.8, 4) is 0 Å². The zero-order valence-corrected chi connectivity index (χ0v) is 8.92. The lowest BCUT2D eigenvalue weighted by Crippen LogP contribution is -2.48. The predicted octanol–water partition coefficient (Wildman–Crippen LogP) is 1.33. The van der Waals surface area contributed by atoms with E-state index in [9.17, 15) is 0 Å². The molecule has 0 bridgehead atoms. The maximum absolute atomic E-state index is 3.40. The highest BCUT2D eigenvalue weighted by atomic mass is 15.2. The molecule has 2 aliphatic rings. The Labute approximate surface area is 81.7 Å². The van der Waals surface area contributed by atoms with Crippen molar-refractivity contribution in [2.75, 3.05) is 27.2 Å². The molecule has 0 atom stereocenters. The van der Waals surface area contributed by atoms with Gasteiger partial charge in [0.15, 0.2) is 0 Å². The number of nitrogens with zero attached hydrogens (tertiary/aromatic N) is 1. The van der Waals surface area contributed by atoms with Crippen LogP contribution in [0, 0.1) is 11.8 Å². The molecule has 2 rings (SSSR count). The van der Waals surface area contributed by atoms with Crippen LogP contribution in [0.15, 0.2) is 0 Å². The molecule has 1 saturated carbocycles. The molecule has 0 aromatic carbocycles. The summed E-state index contributed by atoms with van der Waals surface area (Å²) in [4.78, 5) is 2.44. The zero-order valence-electron chi connectivity index (χ0n) is 8.92. The Morgan fingerprint density at radius 3 is 2.08 bits per heavy atom. The van der Waals surface area contributed by atoms with Crippen molar-refractivity contribution < 1.29 is 0 Å². The summed E-state index contributed by atoms with van der Waals surface area (Å²) in [7, 11) is 4.33. The Bertz CT molecular complexity index is 155. The second kappa shape index (κ2) is 3.97. The fourth-order valence-electron chi connectivity index (χ4n) is 2.92. The van der Waals surface area contributed by atoms with E-state index in [1.54, 1.807) is 0 Å². The lowest BCUT2D eigenvalue weighted by molar-refractivity contribution is 0.0608. The van der Waals surface area contributed by atoms with Crippen LogP contribution in [0.1, 0.15) is 25.7 Å². The van der Waals surface area contributed by atoms with Crippen LogP contribution < -0.4 is 5.32 Å². The van der Waals surface area contributed by atoms with Gasteiger partial charge in [-0.05, 0) is 51.6 Å². The topological polar surface area (TPSA) is 15.3 Å². The number of likely N-dealkylation sites (tertiary alicyclic amines) is 1. The van der Waals surface area contributed by atoms with Crippen molar-refractivity contribution in [2.45, 2.75) is 31.7 Å². The van der Waals surface area contributed by atoms with E-state index in [1.807, 2.05) is 0 Å². The molecule has 1 aliphatic heterocycles. The average molecular weight is 182 g/mol. The Morgan fingerprint density at radius 2 is 1.62 bits per heavy atom. The quantitative estimate of drug-likeness (QED) is 0.693. The molecule has 0 unspecified atom stereocenters. The van der Waals surface area contributed by atoms with Crippen LogP contribution in [-0.2, 0) is 0 Å². The van der Waals surface area contributed by atoms with E-state index in [2.05, 4.69) is 24.3 Å². The van der Waals surface area contributed by atoms with E-state index in [0.29, 0.717) is 0 Å². The van der Waals surface area contributed by atoms with Crippen molar-refractivity contribution in [2.24, 2.45) is 11.8 Å². The maximum Gasteiger partial charge on any atom is 0.00642 e. The summed E-state index contributed by atoms with van der Waals surface area (Å²) in [5, 5.41) is 3.40. The molecule has 1 N–H and O–H groups in total. The van der Waals surface area contributed by atoms with Gasteiger partial charge in [0.1, 0.15) is 0 Å². The van der Waals surface area contributed by atoms with Crippen molar-refractivity contribution >= 4 is 0 Å². The Morgan fingerprint density at radius 1 is 1.00 bits per heavy atom. The fraction of sp³-hybridized carbons (Fsp3) is 1.00. The maximum atomic E-state index is 3.40. The highest BCUT2D eigenvalue weighted by molar-refractivity contribution is 4.87. The normalized spacial score (nSPS) is 37.4. The molecule has 2 heteroatoms. The smallest absolute Gasteiger partial charge is 0.00642 e. The summed E-state index contributed by atoms with van der Waals surface area (Å²) in [5.41, 5.74) is 0. The van der Waals surface area contributed by atoms with E-state index >= 15 is 0 Å². The number of nitrogens with one attached hydrogen (secondary N) is 1. The van der Waals surface area contributed by atoms with Gasteiger partial charge >= 0.3 is 0 Å². The SMILES string of the molecule is CNC1CCC(C2CN(C)C2)CC1. The van der Waals surface area contributed by atoms with Gasteiger partial charge in [0.25, 0.3) is 0 Å². The van der Waals surface area contributed by atoms with Gasteiger partial charge in [0.05, 0.1) is 0 Å². The first-order valence-electron chi connectivity index (χ1n) is 5.65. The van der Waals surface area contributed by atoms with Crippen molar-refractivity contribution in [1.82, 2.24) is 10.2 Å². The lowest BCUT2D eigenvalue weighted by atomic mass is 9.75. The van der Waals surface area contributed by atoms with Gasteiger partial charge in [-0.3, -0.25) is 0 Å². The standard InChI is InChI=1S/C11H22N2/c1-12-11-5-3-9(4-6-11)10-7-13(2)8-10/h9-12H,3-8H2,1-2H3. The molecule has 2 nitrogen and oxygen atoms in total. The van der Waals surface area contributed by atoms with Crippen LogP contribution in [0.2, 0.25) is 0 Å². The first kappa shape index (κ1) is 9.47. The third kappa shape index (κ3) is 2.05. The van der Waals surface area contributed by atoms with Gasteiger partial charge < -0.3 is 10.2 Å². The zero-order chi connectivity index (χ0) is 9.26. The summed E-state index contributed by atoms with van der Waals surface area (Å²) in [5.74, 6) is 2.07. The predicted molar refractivity (Wildman–Crippen MR) is 55.8 cm³/mol. The minimum atomic E-state index is 0.814. The van der Waals surface area contributed by atoms with Crippen LogP contribution in [-0.4, -0.2) is 38.1 Å². The summed E-state index contributed by atoms with van der Waals surface area (Å²) in [6, 6.07) is 0.814. The van der Waals surface area contributed by atoms with Crippen LogP contribution in [0.3, 0.4) is 0 Å². The second-order valence-electron chi connectivity index (χ2n) is 4.88. The van der Waals surface area contributed by atoms with E-state index in [1.165, 1.54) is 38.8 Å². The molecule has 1 saturated heterocycles. The van der Waals surface area contributed by atoms with Crippen LogP contribution in [0.4, 0.5) is 0 Å². The van der Waals surface area contributed by atoms with E-state index in [4.69, 9.17) is 0 Å². The molecule has 0 aromatic rings. The van der Waals surface area contributed by atoms with Gasteiger partial charge in [-0.2, -0.15) is 0 Å². The van der Waals surface area contributed by atoms with Crippen molar-refractivity contribution in [3.63, 3.8) is 0 Å². The first-order valence-corrected chi connectivity index (χ1v) is 5.65. The van der Waals surface area contributed by atoms with Gasteiger partial charge in [-0.1, -0.05) is 0 Å². The third-order valence-electron chi connectivity index (χ3n) is 3.94. The Hall–Kier alpha value is -0.0800. The van der Waals surface area contributed by atoms with Crippen LogP contribution in [0.25, 0.3) is 0 Å². The minimum Gasteiger partial charge on any atom is -0.317 e. The molecule has 1 heterocycles. The third-order valence-corrected chi connectivity index (χ3v) is 3.94. The van der Waals surface area contributed by atoms with E-state index in [0.717, 1.165) is 17.9 Å². The largest absolute Gasteiger partial charge is 0.317 e. The lowest BCUT2D eigenvalue weighted by Gasteiger charge is -2.43. The highest BCUT2D eigenvalue weighted by Gasteiger charge is 2.33. The fourth-order valence-corrected chi connectivity index (χ4v) is 2.92. The van der Waals surface area contributed by atoms with Gasteiger partial charge in [-0.15, -0.1) is 0 Å². The Kier molecular flexibility index (Phi) is 2.89. The van der Waals surface area contributed by atoms with E-state index < -0.39 is 0 Å². The summed E-state index contributed by atoms with van der Waals surface area (Å²) >= 11 is 0. The molecule has 0 radical (unpaired) electrons. The molecular weight excluding hydrogens is 160 g/mol. The molecule has 13 heavy (non-hydrogen) atoms. The van der Waals surface area contributed by atoms with Crippen molar-refractivity contribution in [1.29, 1.82) is 0 Å². The van der Waals surface area contributed by atoms with E-state index in [-0.39, 0.29) is 0 Å². The molecule has 1 aliphatic carbocycles. The van der Waals surface area contributed by atoms with Gasteiger partial charge in [-0.25, -0.2) is 0 Å². The van der Waals surface area contributed by atoms with Gasteiger partial charge in [0, 0.05) is 19.1 Å². The van der Waals surface area contributed by atoms with Crippen LogP contribution >= 0.6 is 0 Å². The summed E-state index contributed by atoms with van der Waals surface area (Å²) in [6.07, 6.45) is 5.73. The number of rotatable bonds is 2. The molecule has 2 fully saturated rings. The molecule has 0 spiro atoms. The molecule has 0 amide bonds. The van der Waals surface area contributed by atoms with Crippen LogP contribution in [0.5, 0.6) is 0 Å².